The van der Waals surface area contributed by atoms with E-state index in [2.05, 4.69) is 15.5 Å². The number of thiophene rings is 1. The Bertz CT molecular complexity index is 870. The predicted octanol–water partition coefficient (Wildman–Crippen LogP) is 3.28. The van der Waals surface area contributed by atoms with Crippen molar-refractivity contribution in [3.8, 4) is 10.6 Å². The number of anilines is 1. The Labute approximate surface area is 151 Å². The third-order valence-electron chi connectivity index (χ3n) is 3.20. The van der Waals surface area contributed by atoms with Crippen LogP contribution in [0.5, 0.6) is 0 Å². The Morgan fingerprint density at radius 3 is 2.92 bits per heavy atom. The van der Waals surface area contributed by atoms with Crippen molar-refractivity contribution in [1.82, 2.24) is 10.1 Å². The molecule has 0 saturated heterocycles. The smallest absolute Gasteiger partial charge is 0.312 e. The maximum absolute atomic E-state index is 12.0. The minimum Gasteiger partial charge on any atom is -0.452 e. The molecular formula is C16H15N3O4S2. The predicted molar refractivity (Wildman–Crippen MR) is 94.6 cm³/mol. The van der Waals surface area contributed by atoms with Crippen LogP contribution in [0.4, 0.5) is 5.88 Å². The summed E-state index contributed by atoms with van der Waals surface area (Å²) >= 11 is 3.06. The van der Waals surface area contributed by atoms with Gasteiger partial charge < -0.3 is 9.26 Å². The molecule has 0 aliphatic rings. The highest BCUT2D eigenvalue weighted by molar-refractivity contribution is 7.14. The fraction of sp³-hybridized carbons (Fsp3) is 0.250. The molecule has 1 amide bonds. The Hall–Kier alpha value is -2.52. The van der Waals surface area contributed by atoms with Crippen molar-refractivity contribution in [3.63, 3.8) is 0 Å². The first-order chi connectivity index (χ1) is 12.0. The summed E-state index contributed by atoms with van der Waals surface area (Å²) in [5, 5.41) is 12.8. The maximum Gasteiger partial charge on any atom is 0.312 e. The number of nitrogens with zero attached hydrogens (tertiary/aromatic N) is 2. The van der Waals surface area contributed by atoms with E-state index in [-0.39, 0.29) is 12.3 Å². The first-order valence-electron chi connectivity index (χ1n) is 7.42. The second-order valence-electron chi connectivity index (χ2n) is 5.29. The summed E-state index contributed by atoms with van der Waals surface area (Å²) < 4.78 is 10.0. The van der Waals surface area contributed by atoms with Crippen molar-refractivity contribution in [1.29, 1.82) is 0 Å². The third kappa shape index (κ3) is 4.52. The lowest BCUT2D eigenvalue weighted by Crippen LogP contribution is -2.30. The molecule has 9 heteroatoms. The zero-order valence-corrected chi connectivity index (χ0v) is 15.1. The Morgan fingerprint density at radius 1 is 1.40 bits per heavy atom. The van der Waals surface area contributed by atoms with E-state index in [0.717, 1.165) is 10.6 Å². The van der Waals surface area contributed by atoms with Crippen molar-refractivity contribution in [2.75, 3.05) is 5.32 Å². The average molecular weight is 377 g/mol. The highest BCUT2D eigenvalue weighted by Gasteiger charge is 2.20. The van der Waals surface area contributed by atoms with Crippen LogP contribution < -0.4 is 5.32 Å². The highest BCUT2D eigenvalue weighted by Crippen LogP contribution is 2.25. The lowest BCUT2D eigenvalue weighted by molar-refractivity contribution is -0.152. The van der Waals surface area contributed by atoms with Gasteiger partial charge in [0.15, 0.2) is 6.10 Å². The van der Waals surface area contributed by atoms with E-state index < -0.39 is 18.0 Å². The second kappa shape index (κ2) is 7.58. The second-order valence-corrected chi connectivity index (χ2v) is 6.92. The number of nitrogens with one attached hydrogen (secondary N) is 1. The normalized spacial score (nSPS) is 11.9. The fourth-order valence-corrected chi connectivity index (χ4v) is 3.52. The number of esters is 1. The lowest BCUT2D eigenvalue weighted by Gasteiger charge is -2.11. The van der Waals surface area contributed by atoms with Gasteiger partial charge in [-0.15, -0.1) is 11.3 Å². The molecule has 0 spiro atoms. The number of aryl methyl sites for hydroxylation is 1. The van der Waals surface area contributed by atoms with Gasteiger partial charge >= 0.3 is 5.97 Å². The average Bonchev–Trinajstić information content (AvgIpc) is 3.28. The molecule has 130 valence electrons. The van der Waals surface area contributed by atoms with Crippen LogP contribution in [0.25, 0.3) is 10.6 Å². The van der Waals surface area contributed by atoms with E-state index in [0.29, 0.717) is 11.4 Å². The van der Waals surface area contributed by atoms with Crippen LogP contribution in [0, 0.1) is 6.92 Å². The molecule has 0 fully saturated rings. The molecule has 3 aromatic heterocycles. The molecule has 3 rings (SSSR count). The van der Waals surface area contributed by atoms with E-state index in [1.165, 1.54) is 18.3 Å². The molecule has 0 saturated carbocycles. The molecule has 3 aromatic rings. The minimum absolute atomic E-state index is 0.0136. The van der Waals surface area contributed by atoms with Gasteiger partial charge in [-0.25, -0.2) is 4.98 Å². The molecule has 25 heavy (non-hydrogen) atoms. The number of amides is 1. The molecule has 3 heterocycles. The van der Waals surface area contributed by atoms with Gasteiger partial charge in [-0.1, -0.05) is 5.16 Å². The topological polar surface area (TPSA) is 94.3 Å². The van der Waals surface area contributed by atoms with Gasteiger partial charge in [0.1, 0.15) is 5.01 Å². The van der Waals surface area contributed by atoms with E-state index in [1.54, 1.807) is 24.3 Å². The number of rotatable bonds is 6. The van der Waals surface area contributed by atoms with E-state index in [9.17, 15) is 9.59 Å². The number of thiazole rings is 1. The van der Waals surface area contributed by atoms with Crippen LogP contribution in [-0.2, 0) is 20.7 Å². The molecular weight excluding hydrogens is 362 g/mol. The van der Waals surface area contributed by atoms with E-state index >= 15 is 0 Å². The summed E-state index contributed by atoms with van der Waals surface area (Å²) in [4.78, 5) is 28.4. The molecule has 1 atom stereocenters. The van der Waals surface area contributed by atoms with Crippen molar-refractivity contribution in [2.45, 2.75) is 26.4 Å². The number of ether oxygens (including phenoxy) is 1. The van der Waals surface area contributed by atoms with Crippen molar-refractivity contribution in [3.05, 3.63) is 39.7 Å². The van der Waals surface area contributed by atoms with Gasteiger partial charge in [-0.3, -0.25) is 14.9 Å². The zero-order chi connectivity index (χ0) is 17.8. The minimum atomic E-state index is -0.951. The Balaban J connectivity index is 1.52. The van der Waals surface area contributed by atoms with Crippen molar-refractivity contribution < 1.29 is 18.8 Å². The quantitative estimate of drug-likeness (QED) is 0.663. The van der Waals surface area contributed by atoms with Crippen LogP contribution in [0.2, 0.25) is 0 Å². The number of hydrogen-bond acceptors (Lipinski definition) is 8. The van der Waals surface area contributed by atoms with Crippen LogP contribution >= 0.6 is 22.7 Å². The first-order valence-corrected chi connectivity index (χ1v) is 9.24. The summed E-state index contributed by atoms with van der Waals surface area (Å²) in [5.74, 6) is -0.786. The number of carbonyl (C=O) groups is 2. The number of carbonyl (C=O) groups excluding carboxylic acids is 2. The molecule has 0 aromatic carbocycles. The zero-order valence-electron chi connectivity index (χ0n) is 13.5. The van der Waals surface area contributed by atoms with Crippen LogP contribution in [0.15, 0.2) is 32.8 Å². The lowest BCUT2D eigenvalue weighted by atomic mass is 10.3. The Kier molecular flexibility index (Phi) is 5.25. The largest absolute Gasteiger partial charge is 0.452 e. The summed E-state index contributed by atoms with van der Waals surface area (Å²) in [7, 11) is 0. The molecule has 0 unspecified atom stereocenters. The summed E-state index contributed by atoms with van der Waals surface area (Å²) in [6, 6.07) is 3.55. The molecule has 0 radical (unpaired) electrons. The molecule has 1 N–H and O–H groups in total. The SMILES string of the molecule is Cc1cc(NC(=O)[C@@H](C)OC(=O)Cc2csc(-c3ccsc3)n2)on1. The van der Waals surface area contributed by atoms with Gasteiger partial charge in [-0.05, 0) is 25.3 Å². The van der Waals surface area contributed by atoms with E-state index in [1.807, 2.05) is 22.2 Å². The van der Waals surface area contributed by atoms with Crippen LogP contribution in [-0.4, -0.2) is 28.1 Å². The maximum atomic E-state index is 12.0. The molecule has 7 nitrogen and oxygen atoms in total. The van der Waals surface area contributed by atoms with Gasteiger partial charge in [0.25, 0.3) is 5.91 Å². The highest BCUT2D eigenvalue weighted by atomic mass is 32.1. The summed E-state index contributed by atoms with van der Waals surface area (Å²) in [6.45, 7) is 3.23. The number of aromatic nitrogens is 2. The van der Waals surface area contributed by atoms with Crippen molar-refractivity contribution in [2.24, 2.45) is 0 Å². The molecule has 0 aliphatic heterocycles. The number of hydrogen-bond donors (Lipinski definition) is 1. The van der Waals surface area contributed by atoms with Gasteiger partial charge in [-0.2, -0.15) is 11.3 Å². The fourth-order valence-electron chi connectivity index (χ4n) is 1.99. The van der Waals surface area contributed by atoms with Crippen LogP contribution in [0.3, 0.4) is 0 Å². The molecule has 0 aliphatic carbocycles. The van der Waals surface area contributed by atoms with Crippen molar-refractivity contribution >= 4 is 40.4 Å². The summed E-state index contributed by atoms with van der Waals surface area (Å²) in [6.07, 6.45) is -0.937. The van der Waals surface area contributed by atoms with Gasteiger partial charge in [0.05, 0.1) is 17.8 Å². The van der Waals surface area contributed by atoms with Gasteiger partial charge in [0.2, 0.25) is 5.88 Å². The third-order valence-corrected chi connectivity index (χ3v) is 4.82. The Morgan fingerprint density at radius 2 is 2.24 bits per heavy atom. The van der Waals surface area contributed by atoms with Gasteiger partial charge in [0, 0.05) is 22.4 Å². The first kappa shape index (κ1) is 17.3. The summed E-state index contributed by atoms with van der Waals surface area (Å²) in [5.41, 5.74) is 2.30. The standard InChI is InChI=1S/C16H15N3O4S2/c1-9-5-13(23-19-9)18-15(21)10(2)22-14(20)6-12-8-25-16(17-12)11-3-4-24-7-11/h3-5,7-8,10H,6H2,1-2H3,(H,18,21)/t10-/m1/s1. The van der Waals surface area contributed by atoms with E-state index in [4.69, 9.17) is 9.26 Å². The monoisotopic (exact) mass is 377 g/mol. The molecule has 0 bridgehead atoms. The van der Waals surface area contributed by atoms with Crippen LogP contribution in [0.1, 0.15) is 18.3 Å².